The Morgan fingerprint density at radius 2 is 1.90 bits per heavy atom. The van der Waals surface area contributed by atoms with Crippen molar-refractivity contribution in [3.63, 3.8) is 0 Å². The molecule has 0 saturated heterocycles. The molecule has 0 aliphatic carbocycles. The van der Waals surface area contributed by atoms with E-state index in [0.717, 1.165) is 16.8 Å². The number of hydrogen-bond acceptors (Lipinski definition) is 7. The van der Waals surface area contributed by atoms with E-state index in [-0.39, 0.29) is 30.7 Å². The highest BCUT2D eigenvalue weighted by Gasteiger charge is 2.41. The second-order valence-electron chi connectivity index (χ2n) is 10.9. The molecule has 9 nitrogen and oxygen atoms in total. The zero-order valence-corrected chi connectivity index (χ0v) is 25.0. The van der Waals surface area contributed by atoms with Crippen LogP contribution < -0.4 is 19.7 Å². The summed E-state index contributed by atoms with van der Waals surface area (Å²) in [5.74, 6) is 1.39. The lowest BCUT2D eigenvalue weighted by Gasteiger charge is -2.25. The molecule has 0 saturated carbocycles. The minimum Gasteiger partial charge on any atom is -0.497 e. The predicted octanol–water partition coefficient (Wildman–Crippen LogP) is 5.40. The molecule has 3 heterocycles. The summed E-state index contributed by atoms with van der Waals surface area (Å²) < 4.78 is 32.2. The number of anilines is 1. The van der Waals surface area contributed by atoms with Gasteiger partial charge in [-0.1, -0.05) is 20.8 Å². The van der Waals surface area contributed by atoms with Crippen LogP contribution in [0.25, 0.3) is 5.69 Å². The molecular formula is C31H33FN4O5S. The fraction of sp³-hybridized carbons (Fsp3) is 0.323. The van der Waals surface area contributed by atoms with Crippen LogP contribution in [-0.4, -0.2) is 48.1 Å². The van der Waals surface area contributed by atoms with Gasteiger partial charge in [0.25, 0.3) is 0 Å². The number of halogens is 1. The Morgan fingerprint density at radius 3 is 2.55 bits per heavy atom. The number of benzene rings is 2. The number of furan rings is 1. The molecule has 4 aromatic rings. The second kappa shape index (κ2) is 11.9. The van der Waals surface area contributed by atoms with E-state index in [2.05, 4.69) is 5.32 Å². The maximum Gasteiger partial charge on any atom is 0.240 e. The van der Waals surface area contributed by atoms with Crippen molar-refractivity contribution in [2.45, 2.75) is 38.0 Å². The van der Waals surface area contributed by atoms with Gasteiger partial charge in [-0.15, -0.1) is 11.8 Å². The summed E-state index contributed by atoms with van der Waals surface area (Å²) in [6, 6.07) is 15.0. The molecule has 5 rings (SSSR count). The van der Waals surface area contributed by atoms with Gasteiger partial charge in [-0.25, -0.2) is 9.07 Å². The fourth-order valence-corrected chi connectivity index (χ4v) is 6.14. The number of hydrogen-bond donors (Lipinski definition) is 1. The number of carbonyl (C=O) groups excluding carboxylic acids is 2. The lowest BCUT2D eigenvalue weighted by Crippen LogP contribution is -2.42. The van der Waals surface area contributed by atoms with Crippen molar-refractivity contribution >= 4 is 29.4 Å². The molecule has 42 heavy (non-hydrogen) atoms. The molecule has 1 aliphatic rings. The van der Waals surface area contributed by atoms with Gasteiger partial charge in [0.15, 0.2) is 0 Å². The number of ether oxygens (including phenoxy) is 2. The van der Waals surface area contributed by atoms with E-state index in [1.807, 2.05) is 39.0 Å². The highest BCUT2D eigenvalue weighted by atomic mass is 32.2. The minimum absolute atomic E-state index is 0.0954. The fourth-order valence-electron chi connectivity index (χ4n) is 4.92. The number of methoxy groups -OCH3 is 2. The quantitative estimate of drug-likeness (QED) is 0.292. The Hall–Kier alpha value is -4.25. The van der Waals surface area contributed by atoms with Crippen LogP contribution in [0.3, 0.4) is 0 Å². The summed E-state index contributed by atoms with van der Waals surface area (Å²) in [5.41, 5.74) is 2.42. The van der Waals surface area contributed by atoms with E-state index < -0.39 is 16.5 Å². The SMILES string of the molecule is COc1ccc(OC)c(C2SCC(=O)N(CC(=O)NCc3ccco3)c3c2c(C(C)(C)C)nn3-c2ccc(F)cc2)c1. The topological polar surface area (TPSA) is 98.8 Å². The molecule has 1 aliphatic heterocycles. The van der Waals surface area contributed by atoms with Crippen molar-refractivity contribution in [1.82, 2.24) is 15.1 Å². The van der Waals surface area contributed by atoms with Gasteiger partial charge in [0.1, 0.15) is 35.4 Å². The maximum absolute atomic E-state index is 14.0. The first-order valence-electron chi connectivity index (χ1n) is 13.4. The largest absolute Gasteiger partial charge is 0.497 e. The summed E-state index contributed by atoms with van der Waals surface area (Å²) in [6.45, 7) is 6.07. The van der Waals surface area contributed by atoms with E-state index in [9.17, 15) is 14.0 Å². The van der Waals surface area contributed by atoms with Gasteiger partial charge in [-0.05, 0) is 54.6 Å². The van der Waals surface area contributed by atoms with Crippen LogP contribution in [0.15, 0.2) is 65.3 Å². The number of nitrogens with one attached hydrogen (secondary N) is 1. The minimum atomic E-state index is -0.457. The standard InChI is InChI=1S/C31H33FN4O5S/c1-31(2,3)29-27-28(23-15-21(39-4)12-13-24(23)40-5)42-18-26(38)35(17-25(37)33-16-22-7-6-14-41-22)30(27)36(34-29)20-10-8-19(32)9-11-20/h6-15,28H,16-18H2,1-5H3,(H,33,37). The summed E-state index contributed by atoms with van der Waals surface area (Å²) in [6.07, 6.45) is 1.53. The number of nitrogens with zero attached hydrogens (tertiary/aromatic N) is 3. The van der Waals surface area contributed by atoms with Crippen molar-refractivity contribution in [2.24, 2.45) is 0 Å². The molecule has 0 bridgehead atoms. The predicted molar refractivity (Wildman–Crippen MR) is 159 cm³/mol. The zero-order chi connectivity index (χ0) is 30.0. The third-order valence-corrected chi connectivity index (χ3v) is 8.17. The molecule has 2 amide bonds. The first-order valence-corrected chi connectivity index (χ1v) is 14.5. The molecule has 220 valence electrons. The van der Waals surface area contributed by atoms with Crippen molar-refractivity contribution in [1.29, 1.82) is 0 Å². The zero-order valence-electron chi connectivity index (χ0n) is 24.1. The average molecular weight is 593 g/mol. The normalized spacial score (nSPS) is 15.2. The number of thioether (sulfide) groups is 1. The van der Waals surface area contributed by atoms with Crippen molar-refractivity contribution in [2.75, 3.05) is 31.4 Å². The summed E-state index contributed by atoms with van der Waals surface area (Å²) in [5, 5.41) is 7.47. The summed E-state index contributed by atoms with van der Waals surface area (Å²) in [4.78, 5) is 28.6. The summed E-state index contributed by atoms with van der Waals surface area (Å²) >= 11 is 1.43. The van der Waals surface area contributed by atoms with Crippen molar-refractivity contribution in [3.05, 3.63) is 89.3 Å². The van der Waals surface area contributed by atoms with E-state index in [0.29, 0.717) is 28.8 Å². The van der Waals surface area contributed by atoms with Crippen LogP contribution in [0.2, 0.25) is 0 Å². The van der Waals surface area contributed by atoms with Gasteiger partial charge in [0.05, 0.1) is 49.4 Å². The first kappa shape index (κ1) is 29.2. The molecule has 11 heteroatoms. The van der Waals surface area contributed by atoms with Crippen molar-refractivity contribution in [3.8, 4) is 17.2 Å². The Kier molecular flexibility index (Phi) is 8.31. The van der Waals surface area contributed by atoms with Gasteiger partial charge in [-0.2, -0.15) is 5.10 Å². The number of amides is 2. The van der Waals surface area contributed by atoms with Crippen LogP contribution in [0.5, 0.6) is 11.5 Å². The first-order chi connectivity index (χ1) is 20.1. The van der Waals surface area contributed by atoms with Crippen LogP contribution in [0.4, 0.5) is 10.2 Å². The van der Waals surface area contributed by atoms with E-state index >= 15 is 0 Å². The van der Waals surface area contributed by atoms with E-state index in [4.69, 9.17) is 19.0 Å². The van der Waals surface area contributed by atoms with Gasteiger partial charge < -0.3 is 19.2 Å². The lowest BCUT2D eigenvalue weighted by atomic mass is 9.87. The number of carbonyl (C=O) groups is 2. The monoisotopic (exact) mass is 592 g/mol. The summed E-state index contributed by atoms with van der Waals surface area (Å²) in [7, 11) is 3.19. The lowest BCUT2D eigenvalue weighted by molar-refractivity contribution is -0.123. The third kappa shape index (κ3) is 5.87. The number of rotatable bonds is 8. The van der Waals surface area contributed by atoms with Gasteiger partial charge in [0.2, 0.25) is 11.8 Å². The Bertz CT molecular complexity index is 1580. The average Bonchev–Trinajstić information content (AvgIpc) is 3.61. The molecule has 1 N–H and O–H groups in total. The molecule has 1 atom stereocenters. The molecule has 2 aromatic carbocycles. The smallest absolute Gasteiger partial charge is 0.240 e. The Morgan fingerprint density at radius 1 is 1.14 bits per heavy atom. The second-order valence-corrected chi connectivity index (χ2v) is 12.0. The molecule has 1 unspecified atom stereocenters. The Balaban J connectivity index is 1.71. The Labute approximate surface area is 248 Å². The van der Waals surface area contributed by atoms with Crippen LogP contribution in [0.1, 0.15) is 48.6 Å². The van der Waals surface area contributed by atoms with Gasteiger partial charge in [-0.3, -0.25) is 14.5 Å². The number of aromatic nitrogens is 2. The third-order valence-electron chi connectivity index (χ3n) is 6.93. The number of fused-ring (bicyclic) bond motifs is 1. The molecule has 2 aromatic heterocycles. The highest BCUT2D eigenvalue weighted by Crippen LogP contribution is 2.50. The molecule has 0 radical (unpaired) electrons. The van der Waals surface area contributed by atoms with Crippen LogP contribution in [0, 0.1) is 5.82 Å². The van der Waals surface area contributed by atoms with Crippen LogP contribution >= 0.6 is 11.8 Å². The molecule has 0 spiro atoms. The highest BCUT2D eigenvalue weighted by molar-refractivity contribution is 8.00. The van der Waals surface area contributed by atoms with Gasteiger partial charge >= 0.3 is 0 Å². The van der Waals surface area contributed by atoms with E-state index in [1.54, 1.807) is 43.2 Å². The van der Waals surface area contributed by atoms with Crippen molar-refractivity contribution < 1.29 is 27.9 Å². The van der Waals surface area contributed by atoms with E-state index in [1.165, 1.54) is 35.1 Å². The van der Waals surface area contributed by atoms with Crippen LogP contribution in [-0.2, 0) is 21.5 Å². The van der Waals surface area contributed by atoms with Gasteiger partial charge in [0, 0.05) is 16.5 Å². The molecule has 0 fully saturated rings. The molecular weight excluding hydrogens is 559 g/mol. The maximum atomic E-state index is 14.0.